The molecule has 0 bridgehead atoms. The van der Waals surface area contributed by atoms with E-state index in [4.69, 9.17) is 10.2 Å². The molecular formula is C28H29N3O5. The molecule has 1 aliphatic heterocycles. The molecule has 5 rings (SSSR count). The number of piperidine rings is 1. The second kappa shape index (κ2) is 11.5. The summed E-state index contributed by atoms with van der Waals surface area (Å²) in [4.78, 5) is 40.0. The Morgan fingerprint density at radius 1 is 0.917 bits per heavy atom. The van der Waals surface area contributed by atoms with Crippen molar-refractivity contribution in [3.8, 4) is 0 Å². The minimum atomic E-state index is -1.26. The molecule has 1 aliphatic rings. The third kappa shape index (κ3) is 6.28. The summed E-state index contributed by atoms with van der Waals surface area (Å²) in [6.45, 7) is 3.24. The van der Waals surface area contributed by atoms with E-state index in [1.54, 1.807) is 6.07 Å². The van der Waals surface area contributed by atoms with Crippen molar-refractivity contribution in [1.29, 1.82) is 0 Å². The van der Waals surface area contributed by atoms with Crippen LogP contribution in [0.15, 0.2) is 77.7 Å². The van der Waals surface area contributed by atoms with Crippen LogP contribution < -0.4 is 5.56 Å². The summed E-state index contributed by atoms with van der Waals surface area (Å²) >= 11 is 0. The first kappa shape index (κ1) is 24.9. The van der Waals surface area contributed by atoms with E-state index < -0.39 is 11.9 Å². The number of rotatable bonds is 6. The molecule has 0 saturated carbocycles. The monoisotopic (exact) mass is 487 g/mol. The summed E-state index contributed by atoms with van der Waals surface area (Å²) in [5, 5.41) is 18.2. The Labute approximate surface area is 207 Å². The van der Waals surface area contributed by atoms with Crippen molar-refractivity contribution in [3.63, 3.8) is 0 Å². The highest BCUT2D eigenvalue weighted by Crippen LogP contribution is 2.33. The number of aromatic amines is 2. The minimum Gasteiger partial charge on any atom is -0.478 e. The summed E-state index contributed by atoms with van der Waals surface area (Å²) in [6, 6.07) is 18.4. The van der Waals surface area contributed by atoms with E-state index in [9.17, 15) is 14.4 Å². The van der Waals surface area contributed by atoms with Crippen molar-refractivity contribution in [3.05, 3.63) is 94.4 Å². The number of carbonyl (C=O) groups is 2. The normalized spacial score (nSPS) is 14.7. The SMILES string of the molecule is O=C(O)C=CC(=O)O.O=c1cc(CCN2CCC(c3c[nH]c4ccccc34)CC2)c2ccccc2[nH]1. The first-order valence-corrected chi connectivity index (χ1v) is 11.9. The molecule has 0 spiro atoms. The molecule has 2 aromatic carbocycles. The van der Waals surface area contributed by atoms with Crippen LogP contribution in [0.3, 0.4) is 0 Å². The van der Waals surface area contributed by atoms with Gasteiger partial charge in [-0.1, -0.05) is 36.4 Å². The van der Waals surface area contributed by atoms with Gasteiger partial charge in [0.15, 0.2) is 0 Å². The molecule has 3 heterocycles. The maximum absolute atomic E-state index is 12.0. The summed E-state index contributed by atoms with van der Waals surface area (Å²) < 4.78 is 0. The number of nitrogens with one attached hydrogen (secondary N) is 2. The van der Waals surface area contributed by atoms with Gasteiger partial charge in [-0.3, -0.25) is 4.79 Å². The van der Waals surface area contributed by atoms with E-state index >= 15 is 0 Å². The van der Waals surface area contributed by atoms with Crippen LogP contribution in [0.5, 0.6) is 0 Å². The van der Waals surface area contributed by atoms with Gasteiger partial charge in [-0.15, -0.1) is 0 Å². The quantitative estimate of drug-likeness (QED) is 0.303. The molecule has 8 heteroatoms. The number of fused-ring (bicyclic) bond motifs is 2. The van der Waals surface area contributed by atoms with Crippen molar-refractivity contribution >= 4 is 33.7 Å². The molecule has 36 heavy (non-hydrogen) atoms. The Balaban J connectivity index is 0.000000331. The number of pyridine rings is 1. The lowest BCUT2D eigenvalue weighted by atomic mass is 9.89. The predicted octanol–water partition coefficient (Wildman–Crippen LogP) is 4.14. The van der Waals surface area contributed by atoms with Crippen LogP contribution in [0.1, 0.15) is 29.9 Å². The lowest BCUT2D eigenvalue weighted by Gasteiger charge is -2.32. The molecule has 186 valence electrons. The van der Waals surface area contributed by atoms with Gasteiger partial charge in [0.25, 0.3) is 0 Å². The average Bonchev–Trinajstić information content (AvgIpc) is 3.31. The van der Waals surface area contributed by atoms with E-state index in [-0.39, 0.29) is 5.56 Å². The first-order valence-electron chi connectivity index (χ1n) is 11.9. The fraction of sp³-hybridized carbons (Fsp3) is 0.250. The molecule has 4 N–H and O–H groups in total. The van der Waals surface area contributed by atoms with Gasteiger partial charge in [0.1, 0.15) is 0 Å². The third-order valence-corrected chi connectivity index (χ3v) is 6.55. The smallest absolute Gasteiger partial charge is 0.328 e. The number of benzene rings is 2. The van der Waals surface area contributed by atoms with Crippen LogP contribution in [-0.4, -0.2) is 56.7 Å². The second-order valence-corrected chi connectivity index (χ2v) is 8.87. The van der Waals surface area contributed by atoms with Gasteiger partial charge in [0.2, 0.25) is 5.56 Å². The summed E-state index contributed by atoms with van der Waals surface area (Å²) in [5.74, 6) is -1.88. The molecule has 0 amide bonds. The van der Waals surface area contributed by atoms with E-state index in [0.29, 0.717) is 18.1 Å². The zero-order valence-electron chi connectivity index (χ0n) is 19.8. The number of H-pyrrole nitrogens is 2. The van der Waals surface area contributed by atoms with Crippen LogP contribution in [0, 0.1) is 0 Å². The van der Waals surface area contributed by atoms with Crippen LogP contribution >= 0.6 is 0 Å². The van der Waals surface area contributed by atoms with E-state index in [1.807, 2.05) is 18.2 Å². The van der Waals surface area contributed by atoms with Gasteiger partial charge in [-0.25, -0.2) is 9.59 Å². The molecule has 2 aromatic heterocycles. The predicted molar refractivity (Wildman–Crippen MR) is 139 cm³/mol. The highest BCUT2D eigenvalue weighted by Gasteiger charge is 2.22. The van der Waals surface area contributed by atoms with Gasteiger partial charge < -0.3 is 25.1 Å². The lowest BCUT2D eigenvalue weighted by Crippen LogP contribution is -2.34. The maximum atomic E-state index is 12.0. The molecule has 1 saturated heterocycles. The van der Waals surface area contributed by atoms with Crippen LogP contribution in [0.2, 0.25) is 0 Å². The second-order valence-electron chi connectivity index (χ2n) is 8.87. The molecule has 0 atom stereocenters. The molecule has 8 nitrogen and oxygen atoms in total. The summed E-state index contributed by atoms with van der Waals surface area (Å²) in [7, 11) is 0. The Kier molecular flexibility index (Phi) is 7.97. The van der Waals surface area contributed by atoms with Crippen LogP contribution in [0.25, 0.3) is 21.8 Å². The number of carboxylic acids is 2. The van der Waals surface area contributed by atoms with Crippen molar-refractivity contribution in [2.75, 3.05) is 19.6 Å². The lowest BCUT2D eigenvalue weighted by molar-refractivity contribution is -0.134. The fourth-order valence-corrected chi connectivity index (χ4v) is 4.80. The topological polar surface area (TPSA) is 126 Å². The summed E-state index contributed by atoms with van der Waals surface area (Å²) in [5.41, 5.74) is 4.78. The number of aliphatic carboxylic acids is 2. The Morgan fingerprint density at radius 3 is 2.19 bits per heavy atom. The van der Waals surface area contributed by atoms with Crippen LogP contribution in [0.4, 0.5) is 0 Å². The van der Waals surface area contributed by atoms with Crippen molar-refractivity contribution in [1.82, 2.24) is 14.9 Å². The number of hydrogen-bond acceptors (Lipinski definition) is 4. The van der Waals surface area contributed by atoms with Crippen molar-refractivity contribution in [2.24, 2.45) is 0 Å². The number of aromatic nitrogens is 2. The molecule has 0 unspecified atom stereocenters. The third-order valence-electron chi connectivity index (χ3n) is 6.55. The van der Waals surface area contributed by atoms with Gasteiger partial charge in [-0.05, 0) is 61.5 Å². The molecule has 1 fully saturated rings. The maximum Gasteiger partial charge on any atom is 0.328 e. The Bertz CT molecular complexity index is 1430. The largest absolute Gasteiger partial charge is 0.478 e. The van der Waals surface area contributed by atoms with Gasteiger partial charge in [0, 0.05) is 52.8 Å². The summed E-state index contributed by atoms with van der Waals surface area (Å²) in [6.07, 6.45) is 6.62. The van der Waals surface area contributed by atoms with E-state index in [1.165, 1.54) is 29.3 Å². The van der Waals surface area contributed by atoms with Gasteiger partial charge >= 0.3 is 11.9 Å². The van der Waals surface area contributed by atoms with Crippen molar-refractivity contribution in [2.45, 2.75) is 25.2 Å². The first-order chi connectivity index (χ1) is 17.4. The molecule has 4 aromatic rings. The molecular weight excluding hydrogens is 458 g/mol. The van der Waals surface area contributed by atoms with E-state index in [0.717, 1.165) is 42.5 Å². The Hall–Kier alpha value is -4.17. The zero-order chi connectivity index (χ0) is 25.5. The molecule has 0 aliphatic carbocycles. The molecule has 0 radical (unpaired) electrons. The highest BCUT2D eigenvalue weighted by atomic mass is 16.4. The average molecular weight is 488 g/mol. The number of likely N-dealkylation sites (tertiary alicyclic amines) is 1. The highest BCUT2D eigenvalue weighted by molar-refractivity contribution is 5.89. The zero-order valence-corrected chi connectivity index (χ0v) is 19.8. The van der Waals surface area contributed by atoms with Crippen molar-refractivity contribution < 1.29 is 19.8 Å². The number of para-hydroxylation sites is 2. The minimum absolute atomic E-state index is 0.00764. The van der Waals surface area contributed by atoms with Gasteiger partial charge in [0.05, 0.1) is 0 Å². The number of hydrogen-bond donors (Lipinski definition) is 4. The van der Waals surface area contributed by atoms with Crippen LogP contribution in [-0.2, 0) is 16.0 Å². The Morgan fingerprint density at radius 2 is 1.53 bits per heavy atom. The van der Waals surface area contributed by atoms with E-state index in [2.05, 4.69) is 51.4 Å². The fourth-order valence-electron chi connectivity index (χ4n) is 4.80. The number of carboxylic acid groups (broad SMARTS) is 2. The number of nitrogens with zero attached hydrogens (tertiary/aromatic N) is 1. The van der Waals surface area contributed by atoms with Gasteiger partial charge in [-0.2, -0.15) is 0 Å². The standard InChI is InChI=1S/C24H25N3O.C4H4O4/c28-24-15-18(19-5-1-4-8-23(19)26-24)11-14-27-12-9-17(10-13-27)21-16-25-22-7-3-2-6-20(21)22;5-3(6)1-2-4(7)8/h1-8,15-17,25H,9-14H2,(H,26,28);1-2H,(H,5,6)(H,7,8).